The van der Waals surface area contributed by atoms with Crippen molar-refractivity contribution in [1.82, 2.24) is 5.32 Å². The Labute approximate surface area is 126 Å². The lowest BCUT2D eigenvalue weighted by Crippen LogP contribution is -2.22. The number of hydrogen-bond donors (Lipinski definition) is 1. The van der Waals surface area contributed by atoms with Crippen LogP contribution in [0.15, 0.2) is 53.4 Å². The molecular weight excluding hydrogens is 282 g/mol. The van der Waals surface area contributed by atoms with Crippen LogP contribution in [0.5, 0.6) is 0 Å². The Balaban J connectivity index is 2.48. The first-order valence-corrected chi connectivity index (χ1v) is 8.91. The smallest absolute Gasteiger partial charge is 0.175 e. The minimum absolute atomic E-state index is 0.00315. The fourth-order valence-corrected chi connectivity index (χ4v) is 3.08. The molecule has 4 heteroatoms. The maximum absolute atomic E-state index is 11.7. The molecular formula is C17H21NO2S. The lowest BCUT2D eigenvalue weighted by atomic mass is 9.97. The summed E-state index contributed by atoms with van der Waals surface area (Å²) in [5.41, 5.74) is 3.29. The van der Waals surface area contributed by atoms with Crippen LogP contribution >= 0.6 is 0 Å². The molecule has 0 spiro atoms. The van der Waals surface area contributed by atoms with Gasteiger partial charge >= 0.3 is 0 Å². The van der Waals surface area contributed by atoms with E-state index in [1.165, 1.54) is 11.8 Å². The number of rotatable bonds is 5. The number of aryl methyl sites for hydroxylation is 1. The molecule has 0 saturated heterocycles. The number of nitrogens with one attached hydrogen (secondary N) is 1. The van der Waals surface area contributed by atoms with Crippen LogP contribution in [0.3, 0.4) is 0 Å². The first kappa shape index (κ1) is 15.7. The van der Waals surface area contributed by atoms with E-state index in [2.05, 4.69) is 30.4 Å². The van der Waals surface area contributed by atoms with E-state index in [0.717, 1.165) is 17.7 Å². The molecule has 0 bridgehead atoms. The zero-order valence-corrected chi connectivity index (χ0v) is 13.4. The summed E-state index contributed by atoms with van der Waals surface area (Å²) in [5, 5.41) is 3.43. The van der Waals surface area contributed by atoms with E-state index in [0.29, 0.717) is 4.90 Å². The summed E-state index contributed by atoms with van der Waals surface area (Å²) >= 11 is 0. The molecule has 1 unspecified atom stereocenters. The van der Waals surface area contributed by atoms with Crippen molar-refractivity contribution in [3.05, 3.63) is 65.2 Å². The highest BCUT2D eigenvalue weighted by atomic mass is 32.2. The minimum Gasteiger partial charge on any atom is -0.307 e. The number of benzene rings is 2. The first-order valence-electron chi connectivity index (χ1n) is 7.02. The SMILES string of the molecule is CCNC(c1cccc(C)c1)c1cccc(S(C)(=O)=O)c1. The standard InChI is InChI=1S/C17H21NO2S/c1-4-18-17(14-8-5-7-13(2)11-14)15-9-6-10-16(12-15)21(3,19)20/h5-12,17-18H,4H2,1-3H3. The summed E-state index contributed by atoms with van der Waals surface area (Å²) in [4.78, 5) is 0.357. The maximum atomic E-state index is 11.7. The molecule has 0 saturated carbocycles. The quantitative estimate of drug-likeness (QED) is 0.923. The largest absolute Gasteiger partial charge is 0.307 e. The predicted octanol–water partition coefficient (Wildman–Crippen LogP) is 3.10. The third-order valence-electron chi connectivity index (χ3n) is 3.40. The lowest BCUT2D eigenvalue weighted by molar-refractivity contribution is 0.600. The number of sulfone groups is 1. The van der Waals surface area contributed by atoms with Gasteiger partial charge in [0.1, 0.15) is 0 Å². The molecule has 2 rings (SSSR count). The van der Waals surface area contributed by atoms with Crippen molar-refractivity contribution in [3.8, 4) is 0 Å². The molecule has 0 radical (unpaired) electrons. The van der Waals surface area contributed by atoms with E-state index in [-0.39, 0.29) is 6.04 Å². The molecule has 2 aromatic rings. The van der Waals surface area contributed by atoms with Crippen molar-refractivity contribution in [2.75, 3.05) is 12.8 Å². The summed E-state index contributed by atoms with van der Waals surface area (Å²) in [6, 6.07) is 15.4. The average molecular weight is 303 g/mol. The van der Waals surface area contributed by atoms with Crippen molar-refractivity contribution < 1.29 is 8.42 Å². The van der Waals surface area contributed by atoms with Gasteiger partial charge in [0.05, 0.1) is 10.9 Å². The van der Waals surface area contributed by atoms with E-state index in [1.807, 2.05) is 19.1 Å². The molecule has 0 aromatic heterocycles. The second-order valence-electron chi connectivity index (χ2n) is 5.25. The molecule has 0 aliphatic rings. The van der Waals surface area contributed by atoms with Gasteiger partial charge in [-0.3, -0.25) is 0 Å². The van der Waals surface area contributed by atoms with Gasteiger partial charge in [0.2, 0.25) is 0 Å². The van der Waals surface area contributed by atoms with E-state index in [1.54, 1.807) is 18.2 Å². The Bertz CT molecular complexity index is 723. The fourth-order valence-electron chi connectivity index (χ4n) is 2.41. The van der Waals surface area contributed by atoms with Gasteiger partial charge in [-0.1, -0.05) is 48.9 Å². The van der Waals surface area contributed by atoms with Gasteiger partial charge in [-0.15, -0.1) is 0 Å². The summed E-state index contributed by atoms with van der Waals surface area (Å²) in [6.45, 7) is 4.91. The van der Waals surface area contributed by atoms with Crippen LogP contribution < -0.4 is 5.32 Å². The second-order valence-corrected chi connectivity index (χ2v) is 7.27. The maximum Gasteiger partial charge on any atom is 0.175 e. The normalized spacial score (nSPS) is 13.1. The van der Waals surface area contributed by atoms with Gasteiger partial charge in [0.25, 0.3) is 0 Å². The van der Waals surface area contributed by atoms with Gasteiger partial charge < -0.3 is 5.32 Å². The molecule has 112 valence electrons. The Hall–Kier alpha value is -1.65. The van der Waals surface area contributed by atoms with Gasteiger partial charge in [-0.05, 0) is 36.7 Å². The van der Waals surface area contributed by atoms with Crippen molar-refractivity contribution in [1.29, 1.82) is 0 Å². The van der Waals surface area contributed by atoms with E-state index in [4.69, 9.17) is 0 Å². The van der Waals surface area contributed by atoms with Crippen LogP contribution in [-0.4, -0.2) is 21.2 Å². The van der Waals surface area contributed by atoms with E-state index >= 15 is 0 Å². The van der Waals surface area contributed by atoms with Crippen molar-refractivity contribution >= 4 is 9.84 Å². The molecule has 0 fully saturated rings. The Morgan fingerprint density at radius 2 is 1.67 bits per heavy atom. The molecule has 0 amide bonds. The third kappa shape index (κ3) is 3.93. The van der Waals surface area contributed by atoms with Crippen LogP contribution in [0.2, 0.25) is 0 Å². The van der Waals surface area contributed by atoms with Crippen molar-refractivity contribution in [3.63, 3.8) is 0 Å². The first-order chi connectivity index (χ1) is 9.91. The topological polar surface area (TPSA) is 46.2 Å². The van der Waals surface area contributed by atoms with Gasteiger partial charge in [-0.25, -0.2) is 8.42 Å². The average Bonchev–Trinajstić information content (AvgIpc) is 2.44. The Morgan fingerprint density at radius 3 is 2.24 bits per heavy atom. The highest BCUT2D eigenvalue weighted by Crippen LogP contribution is 2.24. The molecule has 21 heavy (non-hydrogen) atoms. The zero-order valence-electron chi connectivity index (χ0n) is 12.6. The van der Waals surface area contributed by atoms with Crippen LogP contribution in [-0.2, 0) is 9.84 Å². The Kier molecular flexibility index (Phi) is 4.80. The monoisotopic (exact) mass is 303 g/mol. The van der Waals surface area contributed by atoms with Crippen molar-refractivity contribution in [2.45, 2.75) is 24.8 Å². The molecule has 0 heterocycles. The zero-order chi connectivity index (χ0) is 15.5. The highest BCUT2D eigenvalue weighted by molar-refractivity contribution is 7.90. The minimum atomic E-state index is -3.19. The fraction of sp³-hybridized carbons (Fsp3) is 0.294. The van der Waals surface area contributed by atoms with Gasteiger partial charge in [0, 0.05) is 6.26 Å². The van der Waals surface area contributed by atoms with Crippen LogP contribution in [0, 0.1) is 6.92 Å². The van der Waals surface area contributed by atoms with E-state index in [9.17, 15) is 8.42 Å². The molecule has 1 N–H and O–H groups in total. The van der Waals surface area contributed by atoms with E-state index < -0.39 is 9.84 Å². The summed E-state index contributed by atoms with van der Waals surface area (Å²) in [6.07, 6.45) is 1.24. The molecule has 0 aliphatic heterocycles. The van der Waals surface area contributed by atoms with Gasteiger partial charge in [0.15, 0.2) is 9.84 Å². The van der Waals surface area contributed by atoms with Gasteiger partial charge in [-0.2, -0.15) is 0 Å². The molecule has 2 aromatic carbocycles. The molecule has 1 atom stereocenters. The van der Waals surface area contributed by atoms with Crippen LogP contribution in [0.4, 0.5) is 0 Å². The Morgan fingerprint density at radius 1 is 1.05 bits per heavy atom. The third-order valence-corrected chi connectivity index (χ3v) is 4.51. The lowest BCUT2D eigenvalue weighted by Gasteiger charge is -2.20. The molecule has 3 nitrogen and oxygen atoms in total. The molecule has 0 aliphatic carbocycles. The van der Waals surface area contributed by atoms with Crippen molar-refractivity contribution in [2.24, 2.45) is 0 Å². The summed E-state index contributed by atoms with van der Waals surface area (Å²) in [5.74, 6) is 0. The number of hydrogen-bond acceptors (Lipinski definition) is 3. The second kappa shape index (κ2) is 6.41. The van der Waals surface area contributed by atoms with Crippen LogP contribution in [0.1, 0.15) is 29.7 Å². The highest BCUT2D eigenvalue weighted by Gasteiger charge is 2.15. The summed E-state index contributed by atoms with van der Waals surface area (Å²) < 4.78 is 23.5. The van der Waals surface area contributed by atoms with Crippen LogP contribution in [0.25, 0.3) is 0 Å². The predicted molar refractivity (Wildman–Crippen MR) is 86.3 cm³/mol. The summed E-state index contributed by atoms with van der Waals surface area (Å²) in [7, 11) is -3.19.